The zero-order valence-electron chi connectivity index (χ0n) is 7.48. The van der Waals surface area contributed by atoms with Gasteiger partial charge in [-0.2, -0.15) is 0 Å². The predicted octanol–water partition coefficient (Wildman–Crippen LogP) is -0.439. The number of hydrogen-bond acceptors (Lipinski definition) is 3. The maximum Gasteiger partial charge on any atom is 0.488 e. The minimum absolute atomic E-state index is 0.0774. The van der Waals surface area contributed by atoms with Crippen LogP contribution in [-0.4, -0.2) is 30.4 Å². The summed E-state index contributed by atoms with van der Waals surface area (Å²) in [4.78, 5) is 0. The Morgan fingerprint density at radius 2 is 1.79 bits per heavy atom. The fourth-order valence-corrected chi connectivity index (χ4v) is 1.40. The Bertz CT molecular complexity index is 321. The molecule has 1 aromatic rings. The van der Waals surface area contributed by atoms with Crippen LogP contribution in [-0.2, 0) is 10.4 Å². The summed E-state index contributed by atoms with van der Waals surface area (Å²) in [6.45, 7) is 0.155. The monoisotopic (exact) mass is 196 g/mol. The molecule has 74 valence electrons. The molecule has 1 aliphatic rings. The minimum atomic E-state index is -1.50. The Hall–Kier alpha value is -0.905. The summed E-state index contributed by atoms with van der Waals surface area (Å²) in [5, 5.41) is 17.7. The molecule has 0 amide bonds. The number of hydrogen-bond donors (Lipinski definition) is 2. The quantitative estimate of drug-likeness (QED) is 0.630. The Morgan fingerprint density at radius 1 is 1.21 bits per heavy atom. The molecule has 1 saturated heterocycles. The van der Waals surface area contributed by atoms with Crippen LogP contribution in [0.2, 0.25) is 0 Å². The first-order chi connectivity index (χ1) is 6.62. The second kappa shape index (κ2) is 3.35. The predicted molar refractivity (Wildman–Crippen MR) is 49.9 cm³/mol. The maximum atomic E-state index is 13.7. The Labute approximate surface area is 81.3 Å². The molecule has 0 bridgehead atoms. The third-order valence-corrected chi connectivity index (χ3v) is 2.39. The van der Waals surface area contributed by atoms with E-state index in [9.17, 15) is 4.39 Å². The first kappa shape index (κ1) is 9.64. The third kappa shape index (κ3) is 1.54. The molecule has 1 heterocycles. The second-order valence-corrected chi connectivity index (χ2v) is 3.45. The summed E-state index contributed by atoms with van der Waals surface area (Å²) in [6, 6.07) is 6.11. The number of halogens is 1. The minimum Gasteiger partial charge on any atom is -0.423 e. The lowest BCUT2D eigenvalue weighted by molar-refractivity contribution is -0.135. The number of ether oxygens (including phenoxy) is 1. The van der Waals surface area contributed by atoms with Crippen molar-refractivity contribution in [2.75, 3.05) is 13.2 Å². The van der Waals surface area contributed by atoms with Crippen LogP contribution in [0.15, 0.2) is 24.3 Å². The molecule has 0 aliphatic carbocycles. The standard InChI is InChI=1S/C9H10BFO3/c11-9(5-14-6-9)7-1-3-8(4-2-7)10(12)13/h1-4,12-13H,5-6H2. The van der Waals surface area contributed by atoms with E-state index in [4.69, 9.17) is 14.8 Å². The van der Waals surface area contributed by atoms with Gasteiger partial charge in [-0.3, -0.25) is 0 Å². The lowest BCUT2D eigenvalue weighted by Gasteiger charge is -2.34. The van der Waals surface area contributed by atoms with Gasteiger partial charge in [-0.15, -0.1) is 0 Å². The maximum absolute atomic E-state index is 13.7. The van der Waals surface area contributed by atoms with Crippen molar-refractivity contribution >= 4 is 12.6 Å². The lowest BCUT2D eigenvalue weighted by atomic mass is 9.79. The molecule has 3 nitrogen and oxygen atoms in total. The van der Waals surface area contributed by atoms with Crippen molar-refractivity contribution in [3.8, 4) is 0 Å². The van der Waals surface area contributed by atoms with Crippen LogP contribution < -0.4 is 5.46 Å². The molecule has 14 heavy (non-hydrogen) atoms. The number of alkyl halides is 1. The van der Waals surface area contributed by atoms with Crippen LogP contribution in [0.5, 0.6) is 0 Å². The van der Waals surface area contributed by atoms with E-state index in [-0.39, 0.29) is 13.2 Å². The van der Waals surface area contributed by atoms with Gasteiger partial charge in [-0.1, -0.05) is 24.3 Å². The van der Waals surface area contributed by atoms with Crippen molar-refractivity contribution in [1.29, 1.82) is 0 Å². The van der Waals surface area contributed by atoms with E-state index >= 15 is 0 Å². The van der Waals surface area contributed by atoms with Gasteiger partial charge < -0.3 is 14.8 Å². The van der Waals surface area contributed by atoms with Gasteiger partial charge in [0.25, 0.3) is 0 Å². The Kier molecular flexibility index (Phi) is 2.30. The summed E-state index contributed by atoms with van der Waals surface area (Å²) in [5.41, 5.74) is -0.510. The largest absolute Gasteiger partial charge is 0.488 e. The summed E-state index contributed by atoms with van der Waals surface area (Å²) in [6.07, 6.45) is 0. The molecule has 1 aromatic carbocycles. The molecule has 1 fully saturated rings. The smallest absolute Gasteiger partial charge is 0.423 e. The fourth-order valence-electron chi connectivity index (χ4n) is 1.40. The van der Waals surface area contributed by atoms with Gasteiger partial charge in [-0.05, 0) is 11.0 Å². The SMILES string of the molecule is OB(O)c1ccc(C2(F)COC2)cc1. The molecule has 1 aliphatic heterocycles. The van der Waals surface area contributed by atoms with Crippen LogP contribution in [0.4, 0.5) is 4.39 Å². The van der Waals surface area contributed by atoms with E-state index in [0.29, 0.717) is 11.0 Å². The van der Waals surface area contributed by atoms with Crippen molar-refractivity contribution in [3.63, 3.8) is 0 Å². The van der Waals surface area contributed by atoms with E-state index in [1.807, 2.05) is 0 Å². The van der Waals surface area contributed by atoms with E-state index in [1.54, 1.807) is 12.1 Å². The molecular formula is C9H10BFO3. The first-order valence-corrected chi connectivity index (χ1v) is 4.35. The zero-order valence-corrected chi connectivity index (χ0v) is 7.48. The van der Waals surface area contributed by atoms with E-state index in [0.717, 1.165) is 0 Å². The average Bonchev–Trinajstić information content (AvgIpc) is 2.14. The molecule has 0 saturated carbocycles. The highest BCUT2D eigenvalue weighted by molar-refractivity contribution is 6.58. The van der Waals surface area contributed by atoms with Crippen LogP contribution >= 0.6 is 0 Å². The summed E-state index contributed by atoms with van der Waals surface area (Å²) >= 11 is 0. The van der Waals surface area contributed by atoms with Crippen LogP contribution in [0.25, 0.3) is 0 Å². The van der Waals surface area contributed by atoms with Gasteiger partial charge >= 0.3 is 7.12 Å². The van der Waals surface area contributed by atoms with Crippen molar-refractivity contribution < 1.29 is 19.2 Å². The van der Waals surface area contributed by atoms with Crippen molar-refractivity contribution in [3.05, 3.63) is 29.8 Å². The van der Waals surface area contributed by atoms with Gasteiger partial charge in [0.2, 0.25) is 0 Å². The highest BCUT2D eigenvalue weighted by atomic mass is 19.1. The van der Waals surface area contributed by atoms with Crippen molar-refractivity contribution in [1.82, 2.24) is 0 Å². The molecule has 2 N–H and O–H groups in total. The number of rotatable bonds is 2. The van der Waals surface area contributed by atoms with Gasteiger partial charge in [0.1, 0.15) is 0 Å². The molecule has 0 aromatic heterocycles. The van der Waals surface area contributed by atoms with E-state index in [2.05, 4.69) is 0 Å². The van der Waals surface area contributed by atoms with Gasteiger partial charge in [0.15, 0.2) is 5.67 Å². The van der Waals surface area contributed by atoms with Crippen molar-refractivity contribution in [2.24, 2.45) is 0 Å². The number of benzene rings is 1. The molecule has 0 atom stereocenters. The molecule has 0 spiro atoms. The highest BCUT2D eigenvalue weighted by Gasteiger charge is 2.40. The topological polar surface area (TPSA) is 49.7 Å². The molecule has 5 heteroatoms. The van der Waals surface area contributed by atoms with Gasteiger partial charge in [0, 0.05) is 0 Å². The Morgan fingerprint density at radius 3 is 2.14 bits per heavy atom. The summed E-state index contributed by atoms with van der Waals surface area (Å²) < 4.78 is 18.5. The normalized spacial score (nSPS) is 18.8. The second-order valence-electron chi connectivity index (χ2n) is 3.45. The molecular weight excluding hydrogens is 186 g/mol. The molecule has 0 radical (unpaired) electrons. The van der Waals surface area contributed by atoms with E-state index < -0.39 is 12.8 Å². The van der Waals surface area contributed by atoms with Crippen molar-refractivity contribution in [2.45, 2.75) is 5.67 Å². The van der Waals surface area contributed by atoms with Gasteiger partial charge in [0.05, 0.1) is 13.2 Å². The summed E-state index contributed by atoms with van der Waals surface area (Å²) in [7, 11) is -1.50. The van der Waals surface area contributed by atoms with Crippen LogP contribution in [0.3, 0.4) is 0 Å². The zero-order chi connectivity index (χ0) is 10.2. The van der Waals surface area contributed by atoms with Gasteiger partial charge in [-0.25, -0.2) is 4.39 Å². The lowest BCUT2D eigenvalue weighted by Crippen LogP contribution is -2.43. The summed E-state index contributed by atoms with van der Waals surface area (Å²) in [5.74, 6) is 0. The third-order valence-electron chi connectivity index (χ3n) is 2.39. The van der Waals surface area contributed by atoms with E-state index in [1.165, 1.54) is 12.1 Å². The van der Waals surface area contributed by atoms with Crippen LogP contribution in [0.1, 0.15) is 5.56 Å². The first-order valence-electron chi connectivity index (χ1n) is 4.35. The highest BCUT2D eigenvalue weighted by Crippen LogP contribution is 2.33. The fraction of sp³-hybridized carbons (Fsp3) is 0.333. The Balaban J connectivity index is 2.21. The van der Waals surface area contributed by atoms with Crippen LogP contribution in [0, 0.1) is 0 Å². The molecule has 0 unspecified atom stereocenters. The molecule has 2 rings (SSSR count). The average molecular weight is 196 g/mol.